The maximum Gasteiger partial charge on any atom is 0.123 e. The Morgan fingerprint density at radius 2 is 2.06 bits per heavy atom. The molecule has 0 amide bonds. The predicted octanol–water partition coefficient (Wildman–Crippen LogP) is 2.42. The Morgan fingerprint density at radius 3 is 2.71 bits per heavy atom. The van der Waals surface area contributed by atoms with Crippen LogP contribution in [0.1, 0.15) is 17.1 Å². The lowest BCUT2D eigenvalue weighted by molar-refractivity contribution is 0.701. The standard InChI is InChI=1S/C14H19N3/c1-10-6-5-7-12(8-10)14-11(2)17(4)13(16-14)9-15-3/h5-8,15H,9H2,1-4H3. The van der Waals surface area contributed by atoms with Gasteiger partial charge in [0.15, 0.2) is 0 Å². The lowest BCUT2D eigenvalue weighted by Gasteiger charge is -2.02. The summed E-state index contributed by atoms with van der Waals surface area (Å²) in [6, 6.07) is 8.48. The second-order valence-electron chi connectivity index (χ2n) is 4.42. The molecule has 0 saturated carbocycles. The Morgan fingerprint density at radius 1 is 1.29 bits per heavy atom. The van der Waals surface area contributed by atoms with Gasteiger partial charge in [-0.15, -0.1) is 0 Å². The summed E-state index contributed by atoms with van der Waals surface area (Å²) in [5.41, 5.74) is 4.76. The topological polar surface area (TPSA) is 29.9 Å². The molecule has 2 rings (SSSR count). The van der Waals surface area contributed by atoms with E-state index in [0.29, 0.717) is 0 Å². The smallest absolute Gasteiger partial charge is 0.123 e. The first-order valence-electron chi connectivity index (χ1n) is 5.87. The van der Waals surface area contributed by atoms with Crippen LogP contribution in [0.3, 0.4) is 0 Å². The minimum atomic E-state index is 0.795. The molecule has 0 radical (unpaired) electrons. The van der Waals surface area contributed by atoms with Crippen molar-refractivity contribution in [1.29, 1.82) is 0 Å². The molecule has 0 unspecified atom stereocenters. The van der Waals surface area contributed by atoms with Crippen molar-refractivity contribution < 1.29 is 0 Å². The summed E-state index contributed by atoms with van der Waals surface area (Å²) in [5, 5.41) is 3.14. The molecule has 3 heteroatoms. The van der Waals surface area contributed by atoms with Gasteiger partial charge in [0, 0.05) is 18.3 Å². The van der Waals surface area contributed by atoms with E-state index in [9.17, 15) is 0 Å². The molecule has 90 valence electrons. The second kappa shape index (κ2) is 4.72. The lowest BCUT2D eigenvalue weighted by atomic mass is 10.1. The molecule has 0 aliphatic carbocycles. The maximum absolute atomic E-state index is 4.71. The first kappa shape index (κ1) is 11.9. The highest BCUT2D eigenvalue weighted by molar-refractivity contribution is 5.63. The number of imidazole rings is 1. The SMILES string of the molecule is CNCc1nc(-c2cccc(C)c2)c(C)n1C. The summed E-state index contributed by atoms with van der Waals surface area (Å²) in [5.74, 6) is 1.07. The second-order valence-corrected chi connectivity index (χ2v) is 4.42. The lowest BCUT2D eigenvalue weighted by Crippen LogP contribution is -2.10. The third-order valence-corrected chi connectivity index (χ3v) is 3.10. The van der Waals surface area contributed by atoms with Gasteiger partial charge in [-0.1, -0.05) is 23.8 Å². The molecular formula is C14H19N3. The minimum Gasteiger partial charge on any atom is -0.334 e. The summed E-state index contributed by atoms with van der Waals surface area (Å²) in [6.45, 7) is 5.02. The molecular weight excluding hydrogens is 210 g/mol. The van der Waals surface area contributed by atoms with Crippen LogP contribution in [0, 0.1) is 13.8 Å². The van der Waals surface area contributed by atoms with Crippen molar-refractivity contribution in [3.8, 4) is 11.3 Å². The van der Waals surface area contributed by atoms with Gasteiger partial charge in [0.05, 0.1) is 12.2 Å². The predicted molar refractivity (Wildman–Crippen MR) is 70.9 cm³/mol. The largest absolute Gasteiger partial charge is 0.334 e. The van der Waals surface area contributed by atoms with Crippen LogP contribution in [0.4, 0.5) is 0 Å². The molecule has 1 aromatic heterocycles. The first-order chi connectivity index (χ1) is 8.13. The molecule has 0 saturated heterocycles. The maximum atomic E-state index is 4.71. The van der Waals surface area contributed by atoms with Crippen LogP contribution in [0.25, 0.3) is 11.3 Å². The molecule has 0 atom stereocenters. The van der Waals surface area contributed by atoms with E-state index >= 15 is 0 Å². The Bertz CT molecular complexity index is 526. The van der Waals surface area contributed by atoms with Gasteiger partial charge in [-0.05, 0) is 27.0 Å². The van der Waals surface area contributed by atoms with E-state index < -0.39 is 0 Å². The molecule has 0 bridgehead atoms. The van der Waals surface area contributed by atoms with E-state index in [1.165, 1.54) is 16.8 Å². The Labute approximate surface area is 103 Å². The van der Waals surface area contributed by atoms with Crippen LogP contribution in [-0.4, -0.2) is 16.6 Å². The first-order valence-corrected chi connectivity index (χ1v) is 5.87. The zero-order valence-electron chi connectivity index (χ0n) is 10.9. The highest BCUT2D eigenvalue weighted by Crippen LogP contribution is 2.23. The fraction of sp³-hybridized carbons (Fsp3) is 0.357. The number of nitrogens with zero attached hydrogens (tertiary/aromatic N) is 2. The van der Waals surface area contributed by atoms with Crippen molar-refractivity contribution in [2.75, 3.05) is 7.05 Å². The summed E-state index contributed by atoms with van der Waals surface area (Å²) in [4.78, 5) is 4.71. The minimum absolute atomic E-state index is 0.795. The van der Waals surface area contributed by atoms with Gasteiger partial charge in [-0.25, -0.2) is 4.98 Å². The van der Waals surface area contributed by atoms with Crippen LogP contribution in [0.15, 0.2) is 24.3 Å². The Balaban J connectivity index is 2.49. The van der Waals surface area contributed by atoms with Crippen LogP contribution in [0.2, 0.25) is 0 Å². The van der Waals surface area contributed by atoms with Gasteiger partial charge in [0.2, 0.25) is 0 Å². The number of rotatable bonds is 3. The number of hydrogen-bond acceptors (Lipinski definition) is 2. The molecule has 17 heavy (non-hydrogen) atoms. The Hall–Kier alpha value is -1.61. The summed E-state index contributed by atoms with van der Waals surface area (Å²) >= 11 is 0. The average Bonchev–Trinajstić information content (AvgIpc) is 2.58. The van der Waals surface area contributed by atoms with Gasteiger partial charge in [0.25, 0.3) is 0 Å². The van der Waals surface area contributed by atoms with Crippen molar-refractivity contribution in [3.05, 3.63) is 41.3 Å². The van der Waals surface area contributed by atoms with Gasteiger partial charge >= 0.3 is 0 Å². The van der Waals surface area contributed by atoms with Crippen molar-refractivity contribution in [1.82, 2.24) is 14.9 Å². The van der Waals surface area contributed by atoms with Crippen molar-refractivity contribution in [2.24, 2.45) is 7.05 Å². The van der Waals surface area contributed by atoms with Gasteiger partial charge in [-0.2, -0.15) is 0 Å². The molecule has 1 N–H and O–H groups in total. The molecule has 1 heterocycles. The van der Waals surface area contributed by atoms with Gasteiger partial charge in [-0.3, -0.25) is 0 Å². The average molecular weight is 229 g/mol. The van der Waals surface area contributed by atoms with Crippen molar-refractivity contribution >= 4 is 0 Å². The monoisotopic (exact) mass is 229 g/mol. The summed E-state index contributed by atoms with van der Waals surface area (Å²) in [6.07, 6.45) is 0. The third-order valence-electron chi connectivity index (χ3n) is 3.10. The van der Waals surface area contributed by atoms with Crippen molar-refractivity contribution in [3.63, 3.8) is 0 Å². The molecule has 1 aromatic carbocycles. The highest BCUT2D eigenvalue weighted by Gasteiger charge is 2.11. The van der Waals surface area contributed by atoms with Crippen LogP contribution in [-0.2, 0) is 13.6 Å². The van der Waals surface area contributed by atoms with Gasteiger partial charge < -0.3 is 9.88 Å². The highest BCUT2D eigenvalue weighted by atomic mass is 15.1. The van der Waals surface area contributed by atoms with Gasteiger partial charge in [0.1, 0.15) is 5.82 Å². The van der Waals surface area contributed by atoms with Crippen LogP contribution in [0.5, 0.6) is 0 Å². The van der Waals surface area contributed by atoms with E-state index in [2.05, 4.69) is 55.0 Å². The van der Waals surface area contributed by atoms with E-state index in [1.807, 2.05) is 7.05 Å². The Kier molecular flexibility index (Phi) is 3.29. The third kappa shape index (κ3) is 2.24. The zero-order chi connectivity index (χ0) is 12.4. The fourth-order valence-corrected chi connectivity index (χ4v) is 2.02. The zero-order valence-corrected chi connectivity index (χ0v) is 10.9. The van der Waals surface area contributed by atoms with Crippen LogP contribution >= 0.6 is 0 Å². The van der Waals surface area contributed by atoms with E-state index in [0.717, 1.165) is 18.1 Å². The van der Waals surface area contributed by atoms with Crippen LogP contribution < -0.4 is 5.32 Å². The fourth-order valence-electron chi connectivity index (χ4n) is 2.02. The molecule has 0 aliphatic rings. The van der Waals surface area contributed by atoms with Crippen molar-refractivity contribution in [2.45, 2.75) is 20.4 Å². The number of benzene rings is 1. The quantitative estimate of drug-likeness (QED) is 0.876. The van der Waals surface area contributed by atoms with E-state index in [-0.39, 0.29) is 0 Å². The normalized spacial score (nSPS) is 10.8. The molecule has 0 spiro atoms. The van der Waals surface area contributed by atoms with E-state index in [1.54, 1.807) is 0 Å². The summed E-state index contributed by atoms with van der Waals surface area (Å²) < 4.78 is 2.15. The molecule has 3 nitrogen and oxygen atoms in total. The number of aryl methyl sites for hydroxylation is 1. The number of hydrogen-bond donors (Lipinski definition) is 1. The molecule has 0 aliphatic heterocycles. The van der Waals surface area contributed by atoms with E-state index in [4.69, 9.17) is 4.98 Å². The number of nitrogens with one attached hydrogen (secondary N) is 1. The summed E-state index contributed by atoms with van der Waals surface area (Å²) in [7, 11) is 4.00. The molecule has 2 aromatic rings. The number of aromatic nitrogens is 2. The molecule has 0 fully saturated rings.